The first-order valence-electron chi connectivity index (χ1n) is 9.64. The first kappa shape index (κ1) is 22.4. The predicted molar refractivity (Wildman–Crippen MR) is 118 cm³/mol. The summed E-state index contributed by atoms with van der Waals surface area (Å²) in [4.78, 5) is 16.2. The van der Waals surface area contributed by atoms with Gasteiger partial charge in [-0.15, -0.1) is 0 Å². The zero-order valence-corrected chi connectivity index (χ0v) is 16.4. The van der Waals surface area contributed by atoms with Crippen molar-refractivity contribution in [2.24, 2.45) is 10.9 Å². The zero-order valence-electron chi connectivity index (χ0n) is 16.4. The molecule has 0 spiro atoms. The monoisotopic (exact) mass is 397 g/mol. The van der Waals surface area contributed by atoms with Crippen LogP contribution in [0, 0.1) is 13.8 Å². The van der Waals surface area contributed by atoms with Crippen LogP contribution in [0.15, 0.2) is 41.6 Å². The summed E-state index contributed by atoms with van der Waals surface area (Å²) in [5.41, 5.74) is 10.4. The van der Waals surface area contributed by atoms with Crippen molar-refractivity contribution in [3.63, 3.8) is 0 Å². The molecule has 0 unspecified atom stereocenters. The number of aromatic nitrogens is 1. The average Bonchev–Trinajstić information content (AvgIpc) is 2.69. The van der Waals surface area contributed by atoms with Gasteiger partial charge in [-0.1, -0.05) is 42.9 Å². The molecule has 3 rings (SSSR count). The molecule has 156 valence electrons. The normalized spacial score (nSPS) is 11.6. The molecule has 2 aromatic carbocycles. The fourth-order valence-corrected chi connectivity index (χ4v) is 3.49. The summed E-state index contributed by atoms with van der Waals surface area (Å²) in [6.45, 7) is 5.97. The molecule has 0 fully saturated rings. The van der Waals surface area contributed by atoms with E-state index in [1.54, 1.807) is 0 Å². The molecule has 0 radical (unpaired) electrons. The van der Waals surface area contributed by atoms with Crippen molar-refractivity contribution >= 4 is 27.8 Å². The highest BCUT2D eigenvalue weighted by molar-refractivity contribution is 5.95. The molecular formula is C23H31N3O3. The second-order valence-corrected chi connectivity index (χ2v) is 6.99. The number of nitrogens with zero attached hydrogens (tertiary/aromatic N) is 2. The van der Waals surface area contributed by atoms with Gasteiger partial charge in [0.25, 0.3) is 0 Å². The molecule has 0 bridgehead atoms. The summed E-state index contributed by atoms with van der Waals surface area (Å²) in [7, 11) is 0. The molecule has 1 heterocycles. The Balaban J connectivity index is 0.00000300. The van der Waals surface area contributed by atoms with E-state index in [-0.39, 0.29) is 20.5 Å². The largest absolute Gasteiger partial charge is 0.481 e. The van der Waals surface area contributed by atoms with Crippen molar-refractivity contribution in [1.82, 2.24) is 4.57 Å². The molecule has 3 N–H and O–H groups in total. The lowest BCUT2D eigenvalue weighted by Gasteiger charge is -2.18. The van der Waals surface area contributed by atoms with E-state index < -0.39 is 5.97 Å². The Hall–Kier alpha value is -2.86. The molecule has 0 aliphatic heterocycles. The number of para-hydroxylation sites is 1. The standard InChI is InChI=1S/C22H27N3O3.CH4/c1-15-10-11-18-21(24-28-14-5-9-20(26)27)17-7-3-4-8-19(17)25(13-6-12-23)22(18)16(15)2;/h3-4,7-8,10-11H,5-6,9,12-14,23H2,1-2H3,(H,26,27);1H4/b24-21+;. The highest BCUT2D eigenvalue weighted by Crippen LogP contribution is 2.24. The van der Waals surface area contributed by atoms with Crippen LogP contribution in [-0.2, 0) is 16.2 Å². The van der Waals surface area contributed by atoms with E-state index in [0.717, 1.165) is 40.1 Å². The molecule has 6 nitrogen and oxygen atoms in total. The van der Waals surface area contributed by atoms with Crippen molar-refractivity contribution in [3.8, 4) is 0 Å². The zero-order chi connectivity index (χ0) is 20.1. The second kappa shape index (κ2) is 10.1. The van der Waals surface area contributed by atoms with Gasteiger partial charge in [0.1, 0.15) is 12.0 Å². The Kier molecular flexibility index (Phi) is 7.79. The maximum absolute atomic E-state index is 10.7. The van der Waals surface area contributed by atoms with Gasteiger partial charge in [-0.05, 0) is 50.4 Å². The van der Waals surface area contributed by atoms with Gasteiger partial charge in [0.15, 0.2) is 0 Å². The van der Waals surface area contributed by atoms with Crippen molar-refractivity contribution in [3.05, 3.63) is 52.9 Å². The van der Waals surface area contributed by atoms with Gasteiger partial charge < -0.3 is 20.2 Å². The smallest absolute Gasteiger partial charge is 0.303 e. The Bertz CT molecular complexity index is 1070. The molecule has 0 amide bonds. The number of hydrogen-bond acceptors (Lipinski definition) is 4. The van der Waals surface area contributed by atoms with Gasteiger partial charge in [0.05, 0.1) is 11.0 Å². The van der Waals surface area contributed by atoms with Crippen LogP contribution in [0.5, 0.6) is 0 Å². The predicted octanol–water partition coefficient (Wildman–Crippen LogP) is 4.09. The van der Waals surface area contributed by atoms with E-state index in [1.807, 2.05) is 18.2 Å². The highest BCUT2D eigenvalue weighted by Gasteiger charge is 2.13. The number of nitrogens with two attached hydrogens (primary N) is 1. The molecule has 0 atom stereocenters. The van der Waals surface area contributed by atoms with E-state index in [2.05, 4.69) is 41.8 Å². The Morgan fingerprint density at radius 1 is 1.14 bits per heavy atom. The summed E-state index contributed by atoms with van der Waals surface area (Å²) in [5, 5.41) is 16.0. The molecule has 6 heteroatoms. The van der Waals surface area contributed by atoms with Crippen molar-refractivity contribution in [2.75, 3.05) is 13.2 Å². The molecule has 29 heavy (non-hydrogen) atoms. The minimum atomic E-state index is -0.828. The van der Waals surface area contributed by atoms with E-state index in [4.69, 9.17) is 15.7 Å². The maximum Gasteiger partial charge on any atom is 0.303 e. The van der Waals surface area contributed by atoms with Gasteiger partial charge in [0, 0.05) is 23.7 Å². The summed E-state index contributed by atoms with van der Waals surface area (Å²) in [6.07, 6.45) is 1.39. The van der Waals surface area contributed by atoms with Gasteiger partial charge in [-0.3, -0.25) is 4.79 Å². The first-order chi connectivity index (χ1) is 13.5. The summed E-state index contributed by atoms with van der Waals surface area (Å²) in [5.74, 6) is -0.828. The lowest BCUT2D eigenvalue weighted by atomic mass is 10.0. The Labute approximate surface area is 171 Å². The number of aliphatic carboxylic acids is 1. The maximum atomic E-state index is 10.7. The molecule has 3 aromatic rings. The fourth-order valence-electron chi connectivity index (χ4n) is 3.49. The van der Waals surface area contributed by atoms with Crippen molar-refractivity contribution < 1.29 is 14.7 Å². The Morgan fingerprint density at radius 2 is 1.90 bits per heavy atom. The number of hydrogen-bond donors (Lipinski definition) is 2. The second-order valence-electron chi connectivity index (χ2n) is 6.99. The van der Waals surface area contributed by atoms with E-state index in [9.17, 15) is 4.79 Å². The molecule has 0 aliphatic carbocycles. The van der Waals surface area contributed by atoms with Gasteiger partial charge in [-0.2, -0.15) is 0 Å². The average molecular weight is 398 g/mol. The number of pyridine rings is 1. The summed E-state index contributed by atoms with van der Waals surface area (Å²) >= 11 is 0. The number of rotatable bonds is 8. The first-order valence-corrected chi connectivity index (χ1v) is 9.64. The van der Waals surface area contributed by atoms with Crippen LogP contribution < -0.4 is 11.1 Å². The quantitative estimate of drug-likeness (QED) is 0.340. The van der Waals surface area contributed by atoms with Crippen LogP contribution in [0.2, 0.25) is 0 Å². The van der Waals surface area contributed by atoms with Gasteiger partial charge in [-0.25, -0.2) is 0 Å². The third kappa shape index (κ3) is 4.77. The van der Waals surface area contributed by atoms with Crippen LogP contribution in [-0.4, -0.2) is 28.8 Å². The molecule has 0 aliphatic rings. The number of benzene rings is 2. The molecule has 0 saturated carbocycles. The lowest BCUT2D eigenvalue weighted by Crippen LogP contribution is -2.16. The van der Waals surface area contributed by atoms with Crippen LogP contribution in [0.3, 0.4) is 0 Å². The molecule has 1 aromatic heterocycles. The number of carboxylic acids is 1. The van der Waals surface area contributed by atoms with E-state index in [1.165, 1.54) is 11.1 Å². The van der Waals surface area contributed by atoms with Gasteiger partial charge in [0.2, 0.25) is 0 Å². The third-order valence-electron chi connectivity index (χ3n) is 5.04. The third-order valence-corrected chi connectivity index (χ3v) is 5.04. The number of carbonyl (C=O) groups is 1. The van der Waals surface area contributed by atoms with Crippen molar-refractivity contribution in [1.29, 1.82) is 0 Å². The van der Waals surface area contributed by atoms with E-state index >= 15 is 0 Å². The summed E-state index contributed by atoms with van der Waals surface area (Å²) < 4.78 is 2.32. The van der Waals surface area contributed by atoms with Crippen molar-refractivity contribution in [2.45, 2.75) is 47.1 Å². The van der Waals surface area contributed by atoms with Gasteiger partial charge >= 0.3 is 5.97 Å². The van der Waals surface area contributed by atoms with Crippen LogP contribution in [0.25, 0.3) is 21.8 Å². The minimum absolute atomic E-state index is 0. The summed E-state index contributed by atoms with van der Waals surface area (Å²) in [6, 6.07) is 12.3. The lowest BCUT2D eigenvalue weighted by molar-refractivity contribution is -0.137. The number of carboxylic acid groups (broad SMARTS) is 1. The Morgan fingerprint density at radius 3 is 2.62 bits per heavy atom. The van der Waals surface area contributed by atoms with Crippen LogP contribution >= 0.6 is 0 Å². The fraction of sp³-hybridized carbons (Fsp3) is 0.391. The topological polar surface area (TPSA) is 89.8 Å². The molecule has 0 saturated heterocycles. The highest BCUT2D eigenvalue weighted by atomic mass is 16.6. The molecular weight excluding hydrogens is 366 g/mol. The van der Waals surface area contributed by atoms with E-state index in [0.29, 0.717) is 13.0 Å². The van der Waals surface area contributed by atoms with Crippen LogP contribution in [0.4, 0.5) is 0 Å². The number of fused-ring (bicyclic) bond motifs is 2. The van der Waals surface area contributed by atoms with Crippen LogP contribution in [0.1, 0.15) is 37.8 Å². The SMILES string of the molecule is C.Cc1ccc2/c(=N/OCCCC(=O)O)c3ccccc3n(CCCN)c2c1C. The minimum Gasteiger partial charge on any atom is -0.481 e. The number of aryl methyl sites for hydroxylation is 3.